The summed E-state index contributed by atoms with van der Waals surface area (Å²) in [6, 6.07) is 14.1. The first-order valence-electron chi connectivity index (χ1n) is 9.35. The number of fused-ring (bicyclic) bond motifs is 2. The van der Waals surface area contributed by atoms with Crippen molar-refractivity contribution in [2.75, 3.05) is 18.1 Å². The third-order valence-corrected chi connectivity index (χ3v) is 5.31. The Kier molecular flexibility index (Phi) is 4.74. The van der Waals surface area contributed by atoms with Crippen LogP contribution in [0.25, 0.3) is 0 Å². The zero-order valence-electron chi connectivity index (χ0n) is 14.9. The smallest absolute Gasteiger partial charge is 0.310 e. The molecule has 1 aliphatic carbocycles. The highest BCUT2D eigenvalue weighted by molar-refractivity contribution is 5.97. The van der Waals surface area contributed by atoms with Crippen LogP contribution >= 0.6 is 0 Å². The number of esters is 1. The molecule has 2 aromatic rings. The Morgan fingerprint density at radius 1 is 0.923 bits per heavy atom. The predicted molar refractivity (Wildman–Crippen MR) is 100 cm³/mol. The Labute approximate surface area is 153 Å². The summed E-state index contributed by atoms with van der Waals surface area (Å²) in [5, 5.41) is 0. The van der Waals surface area contributed by atoms with E-state index in [4.69, 9.17) is 4.74 Å². The molecule has 4 rings (SSSR count). The van der Waals surface area contributed by atoms with Gasteiger partial charge in [0.2, 0.25) is 0 Å². The minimum Gasteiger partial charge on any atom is -0.455 e. The number of carbonyl (C=O) groups is 2. The van der Waals surface area contributed by atoms with Gasteiger partial charge < -0.3 is 9.64 Å². The van der Waals surface area contributed by atoms with Crippen molar-refractivity contribution in [2.45, 2.75) is 38.5 Å². The van der Waals surface area contributed by atoms with Crippen LogP contribution in [0.2, 0.25) is 0 Å². The van der Waals surface area contributed by atoms with Gasteiger partial charge in [-0.05, 0) is 60.4 Å². The normalized spacial score (nSPS) is 15.3. The van der Waals surface area contributed by atoms with Crippen molar-refractivity contribution in [2.24, 2.45) is 0 Å². The number of aryl methyl sites for hydroxylation is 2. The van der Waals surface area contributed by atoms with Crippen LogP contribution < -0.4 is 4.90 Å². The van der Waals surface area contributed by atoms with Gasteiger partial charge in [0.1, 0.15) is 0 Å². The average molecular weight is 349 g/mol. The number of benzene rings is 2. The lowest BCUT2D eigenvalue weighted by Gasteiger charge is -2.18. The van der Waals surface area contributed by atoms with Crippen molar-refractivity contribution < 1.29 is 14.3 Å². The largest absolute Gasteiger partial charge is 0.455 e. The van der Waals surface area contributed by atoms with Gasteiger partial charge in [0.15, 0.2) is 6.61 Å². The number of anilines is 1. The fourth-order valence-corrected chi connectivity index (χ4v) is 3.93. The first-order chi connectivity index (χ1) is 12.7. The Hall–Kier alpha value is -2.62. The molecular formula is C22H23NO3. The number of rotatable bonds is 4. The fourth-order valence-electron chi connectivity index (χ4n) is 3.93. The van der Waals surface area contributed by atoms with Crippen LogP contribution in [0.15, 0.2) is 42.5 Å². The van der Waals surface area contributed by atoms with Crippen molar-refractivity contribution in [3.8, 4) is 0 Å². The summed E-state index contributed by atoms with van der Waals surface area (Å²) in [5.74, 6) is -0.504. The lowest BCUT2D eigenvalue weighted by atomic mass is 9.90. The first kappa shape index (κ1) is 16.8. The van der Waals surface area contributed by atoms with Gasteiger partial charge in [-0.2, -0.15) is 0 Å². The number of hydrogen-bond acceptors (Lipinski definition) is 3. The first-order valence-corrected chi connectivity index (χ1v) is 9.35. The number of carbonyl (C=O) groups excluding carboxylic acids is 2. The third kappa shape index (κ3) is 3.50. The molecule has 0 bridgehead atoms. The SMILES string of the molecule is O=C(Cc1ccc2c(c1)CCCC2)OCC(=O)N1CCc2ccccc21. The highest BCUT2D eigenvalue weighted by atomic mass is 16.5. The molecule has 2 aromatic carbocycles. The van der Waals surface area contributed by atoms with Gasteiger partial charge in [-0.1, -0.05) is 36.4 Å². The van der Waals surface area contributed by atoms with Gasteiger partial charge in [-0.15, -0.1) is 0 Å². The highest BCUT2D eigenvalue weighted by Crippen LogP contribution is 2.27. The van der Waals surface area contributed by atoms with Gasteiger partial charge in [-0.3, -0.25) is 9.59 Å². The standard InChI is InChI=1S/C22H23NO3/c24-21(23-12-11-18-6-3-4-8-20(18)23)15-26-22(25)14-16-9-10-17-5-1-2-7-19(17)13-16/h3-4,6,8-10,13H,1-2,5,7,11-12,14-15H2. The van der Waals surface area contributed by atoms with Gasteiger partial charge in [0.25, 0.3) is 5.91 Å². The van der Waals surface area contributed by atoms with Crippen LogP contribution in [-0.4, -0.2) is 25.0 Å². The number of amides is 1. The molecule has 2 aliphatic rings. The second kappa shape index (κ2) is 7.32. The van der Waals surface area contributed by atoms with Gasteiger partial charge >= 0.3 is 5.97 Å². The van der Waals surface area contributed by atoms with E-state index in [1.807, 2.05) is 30.3 Å². The molecule has 0 saturated heterocycles. The van der Waals surface area contributed by atoms with Crippen molar-refractivity contribution in [1.82, 2.24) is 0 Å². The minimum atomic E-state index is -0.346. The number of para-hydroxylation sites is 1. The van der Waals surface area contributed by atoms with E-state index in [0.29, 0.717) is 6.54 Å². The maximum Gasteiger partial charge on any atom is 0.310 e. The number of ether oxygens (including phenoxy) is 1. The van der Waals surface area contributed by atoms with Gasteiger partial charge in [-0.25, -0.2) is 0 Å². The van der Waals surface area contributed by atoms with Crippen LogP contribution in [0.4, 0.5) is 5.69 Å². The molecule has 0 N–H and O–H groups in total. The third-order valence-electron chi connectivity index (χ3n) is 5.31. The molecule has 0 aromatic heterocycles. The summed E-state index contributed by atoms with van der Waals surface area (Å²) in [5.41, 5.74) is 5.82. The summed E-state index contributed by atoms with van der Waals surface area (Å²) < 4.78 is 5.25. The molecule has 1 amide bonds. The molecule has 1 aliphatic heterocycles. The van der Waals surface area contributed by atoms with Crippen molar-refractivity contribution in [3.63, 3.8) is 0 Å². The summed E-state index contributed by atoms with van der Waals surface area (Å²) in [6.07, 6.45) is 5.75. The Bertz CT molecular complexity index is 843. The van der Waals surface area contributed by atoms with E-state index < -0.39 is 0 Å². The second-order valence-electron chi connectivity index (χ2n) is 7.07. The maximum absolute atomic E-state index is 12.4. The quantitative estimate of drug-likeness (QED) is 0.796. The minimum absolute atomic E-state index is 0.159. The van der Waals surface area contributed by atoms with E-state index in [0.717, 1.165) is 30.5 Å². The van der Waals surface area contributed by atoms with Gasteiger partial charge in [0, 0.05) is 12.2 Å². The predicted octanol–water partition coefficient (Wildman–Crippen LogP) is 3.24. The van der Waals surface area contributed by atoms with E-state index in [9.17, 15) is 9.59 Å². The zero-order valence-corrected chi connectivity index (χ0v) is 14.9. The van der Waals surface area contributed by atoms with Crippen LogP contribution in [0, 0.1) is 0 Å². The molecule has 4 nitrogen and oxygen atoms in total. The van der Waals surface area contributed by atoms with Crippen molar-refractivity contribution >= 4 is 17.6 Å². The number of nitrogens with zero attached hydrogens (tertiary/aromatic N) is 1. The molecule has 26 heavy (non-hydrogen) atoms. The molecule has 0 spiro atoms. The van der Waals surface area contributed by atoms with E-state index in [2.05, 4.69) is 12.1 Å². The molecule has 1 heterocycles. The summed E-state index contributed by atoms with van der Waals surface area (Å²) in [4.78, 5) is 26.3. The highest BCUT2D eigenvalue weighted by Gasteiger charge is 2.24. The Morgan fingerprint density at radius 2 is 1.73 bits per heavy atom. The molecule has 4 heteroatoms. The van der Waals surface area contributed by atoms with E-state index in [-0.39, 0.29) is 24.9 Å². The fraction of sp³-hybridized carbons (Fsp3) is 0.364. The summed E-state index contributed by atoms with van der Waals surface area (Å²) in [7, 11) is 0. The van der Waals surface area contributed by atoms with Gasteiger partial charge in [0.05, 0.1) is 6.42 Å². The lowest BCUT2D eigenvalue weighted by Crippen LogP contribution is -2.33. The zero-order chi connectivity index (χ0) is 17.9. The average Bonchev–Trinajstić information content (AvgIpc) is 3.10. The Balaban J connectivity index is 1.32. The molecule has 0 fully saturated rings. The van der Waals surface area contributed by atoms with Crippen molar-refractivity contribution in [3.05, 3.63) is 64.7 Å². The molecule has 0 radical (unpaired) electrons. The second-order valence-corrected chi connectivity index (χ2v) is 7.07. The molecule has 0 atom stereocenters. The molecule has 0 saturated carbocycles. The lowest BCUT2D eigenvalue weighted by molar-refractivity contribution is -0.147. The Morgan fingerprint density at radius 3 is 2.62 bits per heavy atom. The van der Waals surface area contributed by atoms with Crippen LogP contribution in [-0.2, 0) is 40.0 Å². The molecule has 0 unspecified atom stereocenters. The maximum atomic E-state index is 12.4. The van der Waals surface area contributed by atoms with Crippen LogP contribution in [0.3, 0.4) is 0 Å². The van der Waals surface area contributed by atoms with Crippen molar-refractivity contribution in [1.29, 1.82) is 0 Å². The van der Waals surface area contributed by atoms with E-state index in [1.165, 1.54) is 29.5 Å². The van der Waals surface area contributed by atoms with Crippen LogP contribution in [0.5, 0.6) is 0 Å². The topological polar surface area (TPSA) is 46.6 Å². The van der Waals surface area contributed by atoms with E-state index >= 15 is 0 Å². The van der Waals surface area contributed by atoms with Crippen LogP contribution in [0.1, 0.15) is 35.1 Å². The number of hydrogen-bond donors (Lipinski definition) is 0. The molecule has 134 valence electrons. The summed E-state index contributed by atoms with van der Waals surface area (Å²) >= 11 is 0. The monoisotopic (exact) mass is 349 g/mol. The molecular weight excluding hydrogens is 326 g/mol. The summed E-state index contributed by atoms with van der Waals surface area (Å²) in [6.45, 7) is 0.457. The van der Waals surface area contributed by atoms with E-state index in [1.54, 1.807) is 4.90 Å².